The van der Waals surface area contributed by atoms with Crippen LogP contribution in [0.15, 0.2) is 108 Å². The molecule has 1 atom stereocenters. The van der Waals surface area contributed by atoms with Crippen molar-refractivity contribution in [1.82, 2.24) is 10.2 Å². The molecule has 0 bridgehead atoms. The van der Waals surface area contributed by atoms with Crippen LogP contribution in [0.5, 0.6) is 11.5 Å². The van der Waals surface area contributed by atoms with Gasteiger partial charge in [-0.1, -0.05) is 56.3 Å². The molecule has 4 aromatic rings. The summed E-state index contributed by atoms with van der Waals surface area (Å²) in [5.74, 6) is -0.0351. The first kappa shape index (κ1) is 34.0. The van der Waals surface area contributed by atoms with Gasteiger partial charge in [-0.2, -0.15) is 0 Å². The zero-order chi connectivity index (χ0) is 33.1. The Hall–Kier alpha value is -4.90. The Balaban J connectivity index is 1.53. The molecule has 4 rings (SSSR count). The molecule has 2 amide bonds. The van der Waals surface area contributed by atoms with Crippen LogP contribution in [0, 0.1) is 11.7 Å². The van der Waals surface area contributed by atoms with E-state index in [0.29, 0.717) is 18.7 Å². The van der Waals surface area contributed by atoms with Crippen molar-refractivity contribution >= 4 is 27.5 Å². The van der Waals surface area contributed by atoms with Gasteiger partial charge in [0.2, 0.25) is 5.91 Å². The highest BCUT2D eigenvalue weighted by atomic mass is 32.2. The number of benzene rings is 4. The second-order valence-corrected chi connectivity index (χ2v) is 12.8. The smallest absolute Gasteiger partial charge is 0.261 e. The molecule has 0 spiro atoms. The lowest BCUT2D eigenvalue weighted by Gasteiger charge is -2.31. The number of carbonyl (C=O) groups excluding carboxylic acids is 2. The molecule has 0 aromatic heterocycles. The molecule has 0 heterocycles. The van der Waals surface area contributed by atoms with Crippen molar-refractivity contribution in [2.24, 2.45) is 5.92 Å². The number of ether oxygens (including phenoxy) is 2. The zero-order valence-electron chi connectivity index (χ0n) is 26.0. The van der Waals surface area contributed by atoms with Crippen LogP contribution in [0.4, 0.5) is 10.1 Å². The Bertz CT molecular complexity index is 1680. The van der Waals surface area contributed by atoms with Crippen molar-refractivity contribution in [3.05, 3.63) is 120 Å². The van der Waals surface area contributed by atoms with Gasteiger partial charge in [-0.05, 0) is 77.7 Å². The molecular weight excluding hydrogens is 609 g/mol. The van der Waals surface area contributed by atoms with E-state index in [0.717, 1.165) is 23.3 Å². The van der Waals surface area contributed by atoms with Crippen LogP contribution in [-0.4, -0.2) is 51.4 Å². The molecule has 0 aliphatic rings. The molecule has 0 saturated carbocycles. The lowest BCUT2D eigenvalue weighted by atomic mass is 10.0. The summed E-state index contributed by atoms with van der Waals surface area (Å²) in [6.07, 6.45) is 0.292. The van der Waals surface area contributed by atoms with Gasteiger partial charge in [-0.15, -0.1) is 0 Å². The fourth-order valence-electron chi connectivity index (χ4n) is 4.58. The summed E-state index contributed by atoms with van der Waals surface area (Å²) >= 11 is 0. The fourth-order valence-corrected chi connectivity index (χ4v) is 5.64. The van der Waals surface area contributed by atoms with Crippen LogP contribution in [0.1, 0.15) is 25.0 Å². The fraction of sp³-hybridized carbons (Fsp3) is 0.257. The number of nitrogens with zero attached hydrogens (tertiary/aromatic N) is 1. The number of amides is 2. The molecule has 0 radical (unpaired) electrons. The Labute approximate surface area is 269 Å². The van der Waals surface area contributed by atoms with Gasteiger partial charge in [-0.3, -0.25) is 14.3 Å². The van der Waals surface area contributed by atoms with Crippen LogP contribution in [0.2, 0.25) is 0 Å². The molecule has 0 fully saturated rings. The van der Waals surface area contributed by atoms with Crippen molar-refractivity contribution in [2.45, 2.75) is 37.8 Å². The lowest BCUT2D eigenvalue weighted by Crippen LogP contribution is -2.52. The quantitative estimate of drug-likeness (QED) is 0.178. The van der Waals surface area contributed by atoms with Crippen LogP contribution >= 0.6 is 0 Å². The molecule has 0 unspecified atom stereocenters. The number of methoxy groups -OCH3 is 1. The predicted octanol–water partition coefficient (Wildman–Crippen LogP) is 5.43. The number of rotatable bonds is 15. The van der Waals surface area contributed by atoms with Gasteiger partial charge in [-0.25, -0.2) is 12.8 Å². The number of hydrogen-bond acceptors (Lipinski definition) is 6. The second-order valence-electron chi connectivity index (χ2n) is 11.1. The van der Waals surface area contributed by atoms with Gasteiger partial charge in [0.1, 0.15) is 23.4 Å². The van der Waals surface area contributed by atoms with Gasteiger partial charge < -0.3 is 19.7 Å². The number of sulfonamides is 1. The average Bonchev–Trinajstić information content (AvgIpc) is 3.06. The van der Waals surface area contributed by atoms with Crippen LogP contribution < -0.4 is 19.5 Å². The van der Waals surface area contributed by atoms with Gasteiger partial charge in [0.25, 0.3) is 15.9 Å². The minimum absolute atomic E-state index is 0.0404. The number of carbonyl (C=O) groups is 2. The third kappa shape index (κ3) is 9.80. The number of nitrogens with one attached hydrogen (secondary N) is 2. The van der Waals surface area contributed by atoms with E-state index >= 15 is 0 Å². The highest BCUT2D eigenvalue weighted by Gasteiger charge is 2.31. The molecule has 0 aliphatic carbocycles. The Morgan fingerprint density at radius 1 is 0.826 bits per heavy atom. The minimum atomic E-state index is -3.95. The van der Waals surface area contributed by atoms with Crippen molar-refractivity contribution in [3.8, 4) is 11.5 Å². The maximum atomic E-state index is 13.8. The minimum Gasteiger partial charge on any atom is -0.497 e. The van der Waals surface area contributed by atoms with E-state index in [2.05, 4.69) is 10.0 Å². The molecule has 0 aliphatic heterocycles. The molecule has 242 valence electrons. The highest BCUT2D eigenvalue weighted by Crippen LogP contribution is 2.21. The third-order valence-corrected chi connectivity index (χ3v) is 8.46. The number of hydrogen-bond donors (Lipinski definition) is 2. The van der Waals surface area contributed by atoms with Gasteiger partial charge in [0.15, 0.2) is 6.61 Å². The predicted molar refractivity (Wildman–Crippen MR) is 174 cm³/mol. The normalized spacial score (nSPS) is 11.8. The Morgan fingerprint density at radius 2 is 1.46 bits per heavy atom. The van der Waals surface area contributed by atoms with E-state index < -0.39 is 34.4 Å². The standard InChI is InChI=1S/C35H38FN3O6S/c1-25(2)22-37-35(41)33(21-26-7-5-4-6-8-26)39(23-27-9-15-30(44-3)16-10-27)34(40)24-45-31-17-19-32(20-18-31)46(42,43)38-29-13-11-28(36)12-14-29/h4-20,25,33,38H,21-24H2,1-3H3,(H,37,41)/t33-/m0/s1. The number of anilines is 1. The summed E-state index contributed by atoms with van der Waals surface area (Å²) in [6.45, 7) is 4.20. The third-order valence-electron chi connectivity index (χ3n) is 7.06. The topological polar surface area (TPSA) is 114 Å². The van der Waals surface area contributed by atoms with E-state index in [-0.39, 0.29) is 34.7 Å². The maximum absolute atomic E-state index is 13.8. The molecule has 0 saturated heterocycles. The van der Waals surface area contributed by atoms with E-state index in [4.69, 9.17) is 9.47 Å². The molecule has 4 aromatic carbocycles. The van der Waals surface area contributed by atoms with Gasteiger partial charge >= 0.3 is 0 Å². The van der Waals surface area contributed by atoms with Crippen LogP contribution in [0.3, 0.4) is 0 Å². The van der Waals surface area contributed by atoms with Crippen LogP contribution in [-0.2, 0) is 32.6 Å². The van der Waals surface area contributed by atoms with Crippen LogP contribution in [0.25, 0.3) is 0 Å². The Kier molecular flexibility index (Phi) is 11.7. The summed E-state index contributed by atoms with van der Waals surface area (Å²) < 4.78 is 52.3. The largest absolute Gasteiger partial charge is 0.497 e. The monoisotopic (exact) mass is 647 g/mol. The SMILES string of the molecule is COc1ccc(CN(C(=O)COc2ccc(S(=O)(=O)Nc3ccc(F)cc3)cc2)[C@@H](Cc2ccccc2)C(=O)NCC(C)C)cc1. The maximum Gasteiger partial charge on any atom is 0.261 e. The van der Waals surface area contributed by atoms with Crippen molar-refractivity contribution in [1.29, 1.82) is 0 Å². The second kappa shape index (κ2) is 15.9. The Morgan fingerprint density at radius 3 is 2.07 bits per heavy atom. The summed E-state index contributed by atoms with van der Waals surface area (Å²) in [4.78, 5) is 28.9. The van der Waals surface area contributed by atoms with E-state index in [1.54, 1.807) is 19.2 Å². The first-order valence-electron chi connectivity index (χ1n) is 14.8. The van der Waals surface area contributed by atoms with Crippen molar-refractivity contribution < 1.29 is 31.9 Å². The summed E-state index contributed by atoms with van der Waals surface area (Å²) in [5, 5.41) is 2.98. The average molecular weight is 648 g/mol. The first-order chi connectivity index (χ1) is 22.0. The highest BCUT2D eigenvalue weighted by molar-refractivity contribution is 7.92. The molecule has 46 heavy (non-hydrogen) atoms. The first-order valence-corrected chi connectivity index (χ1v) is 16.3. The van der Waals surface area contributed by atoms with Crippen molar-refractivity contribution in [3.63, 3.8) is 0 Å². The van der Waals surface area contributed by atoms with E-state index in [1.807, 2.05) is 56.3 Å². The molecule has 11 heteroatoms. The number of halogens is 1. The molecule has 9 nitrogen and oxygen atoms in total. The van der Waals surface area contributed by atoms with Gasteiger partial charge in [0, 0.05) is 25.2 Å². The van der Waals surface area contributed by atoms with Gasteiger partial charge in [0.05, 0.1) is 12.0 Å². The van der Waals surface area contributed by atoms with E-state index in [9.17, 15) is 22.4 Å². The summed E-state index contributed by atoms with van der Waals surface area (Å²) in [5.41, 5.74) is 1.91. The summed E-state index contributed by atoms with van der Waals surface area (Å²) in [6, 6.07) is 26.4. The molecule has 2 N–H and O–H groups in total. The zero-order valence-corrected chi connectivity index (χ0v) is 26.8. The summed E-state index contributed by atoms with van der Waals surface area (Å²) in [7, 11) is -2.38. The molecular formula is C35H38FN3O6S. The van der Waals surface area contributed by atoms with E-state index in [1.165, 1.54) is 41.3 Å². The lowest BCUT2D eigenvalue weighted by molar-refractivity contribution is -0.142. The van der Waals surface area contributed by atoms with Crippen molar-refractivity contribution in [2.75, 3.05) is 25.0 Å².